The van der Waals surface area contributed by atoms with Gasteiger partial charge in [0.05, 0.1) is 0 Å². The van der Waals surface area contributed by atoms with Crippen molar-refractivity contribution in [2.24, 2.45) is 5.92 Å². The molecule has 0 radical (unpaired) electrons. The molecule has 3 aliphatic rings. The van der Waals surface area contributed by atoms with Gasteiger partial charge in [0.2, 0.25) is 0 Å². The van der Waals surface area contributed by atoms with Crippen molar-refractivity contribution in [3.63, 3.8) is 0 Å². The lowest BCUT2D eigenvalue weighted by atomic mass is 9.71. The molecule has 6 heteroatoms. The van der Waals surface area contributed by atoms with Crippen LogP contribution in [-0.2, 0) is 19.9 Å². The molecule has 21 heavy (non-hydrogen) atoms. The van der Waals surface area contributed by atoms with Crippen LogP contribution in [-0.4, -0.2) is 41.6 Å². The Labute approximate surface area is 127 Å². The largest absolute Gasteiger partial charge is 0.473 e. The molecule has 3 saturated heterocycles. The molecular weight excluding hydrogens is 294 g/mol. The molecule has 3 fully saturated rings. The molecule has 0 spiro atoms. The highest BCUT2D eigenvalue weighted by Crippen LogP contribution is 2.45. The number of fused-ring (bicyclic) bond motifs is 3. The molecule has 0 amide bonds. The zero-order chi connectivity index (χ0) is 15.0. The topological polar surface area (TPSA) is 66.8 Å². The smallest absolute Gasteiger partial charge is 0.418 e. The van der Waals surface area contributed by atoms with E-state index in [4.69, 9.17) is 21.4 Å². The predicted molar refractivity (Wildman–Crippen MR) is 76.0 cm³/mol. The number of benzene rings is 1. The lowest BCUT2D eigenvalue weighted by molar-refractivity contribution is -0.194. The van der Waals surface area contributed by atoms with Crippen LogP contribution in [0.5, 0.6) is 0 Å². The number of nitrogens with zero attached hydrogens (tertiary/aromatic N) is 1. The molecule has 4 rings (SSSR count). The van der Waals surface area contributed by atoms with Crippen LogP contribution in [0.3, 0.4) is 0 Å². The highest BCUT2D eigenvalue weighted by Gasteiger charge is 2.51. The van der Waals surface area contributed by atoms with Gasteiger partial charge in [-0.05, 0) is 43.6 Å². The number of carbonyl (C=O) groups excluding carboxylic acids is 1. The third-order valence-corrected chi connectivity index (χ3v) is 4.70. The third-order valence-electron chi connectivity index (χ3n) is 4.47. The Morgan fingerprint density at radius 3 is 2.57 bits per heavy atom. The van der Waals surface area contributed by atoms with Crippen LogP contribution in [0.15, 0.2) is 24.3 Å². The molecule has 5 nitrogen and oxygen atoms in total. The van der Waals surface area contributed by atoms with Crippen molar-refractivity contribution in [3.05, 3.63) is 34.9 Å². The molecule has 0 saturated carbocycles. The molecule has 1 atom stereocenters. The normalized spacial score (nSPS) is 30.9. The molecule has 2 bridgehead atoms. The number of hydrogen-bond acceptors (Lipinski definition) is 4. The van der Waals surface area contributed by atoms with E-state index in [1.54, 1.807) is 18.2 Å². The Balaban J connectivity index is 2.02. The maximum Gasteiger partial charge on any atom is 0.418 e. The molecule has 0 aromatic heterocycles. The monoisotopic (exact) mass is 309 g/mol. The fourth-order valence-corrected chi connectivity index (χ4v) is 3.67. The van der Waals surface area contributed by atoms with E-state index in [1.807, 2.05) is 6.07 Å². The Hall–Kier alpha value is -1.59. The van der Waals surface area contributed by atoms with Gasteiger partial charge in [0.15, 0.2) is 5.60 Å². The minimum absolute atomic E-state index is 0.129. The van der Waals surface area contributed by atoms with Crippen LogP contribution in [0.25, 0.3) is 0 Å². The number of carboxylic acid groups (broad SMARTS) is 1. The second-order valence-corrected chi connectivity index (χ2v) is 6.08. The summed E-state index contributed by atoms with van der Waals surface area (Å²) in [6, 6.07) is 7.16. The molecule has 1 unspecified atom stereocenters. The number of hydrogen-bond donors (Lipinski definition) is 1. The van der Waals surface area contributed by atoms with Gasteiger partial charge in [-0.3, -0.25) is 4.90 Å². The van der Waals surface area contributed by atoms with Crippen molar-refractivity contribution >= 4 is 23.5 Å². The summed E-state index contributed by atoms with van der Waals surface area (Å²) in [6.07, 6.45) is 1.78. The van der Waals surface area contributed by atoms with Crippen LogP contribution < -0.4 is 0 Å². The standard InChI is InChI=1S/C15H16ClNO4/c16-12-3-1-2-11(8-12)15(21-14(20)13(18)19)9-17-6-4-10(15)5-7-17/h1-3,8,10H,4-7,9H2,(H,18,19). The quantitative estimate of drug-likeness (QED) is 0.667. The fourth-order valence-electron chi connectivity index (χ4n) is 3.48. The van der Waals surface area contributed by atoms with Crippen molar-refractivity contribution in [3.8, 4) is 0 Å². The number of piperidine rings is 3. The van der Waals surface area contributed by atoms with Gasteiger partial charge in [-0.15, -0.1) is 0 Å². The van der Waals surface area contributed by atoms with Crippen LogP contribution >= 0.6 is 11.6 Å². The van der Waals surface area contributed by atoms with Crippen LogP contribution in [0.4, 0.5) is 0 Å². The SMILES string of the molecule is O=C(O)C(=O)OC1(c2cccc(Cl)c2)CN2CCC1CC2. The van der Waals surface area contributed by atoms with Gasteiger partial charge >= 0.3 is 11.9 Å². The Morgan fingerprint density at radius 1 is 1.33 bits per heavy atom. The highest BCUT2D eigenvalue weighted by molar-refractivity contribution is 6.30. The van der Waals surface area contributed by atoms with Crippen molar-refractivity contribution in [2.45, 2.75) is 18.4 Å². The Bertz CT molecular complexity index is 583. The summed E-state index contributed by atoms with van der Waals surface area (Å²) < 4.78 is 5.48. The maximum atomic E-state index is 11.7. The van der Waals surface area contributed by atoms with E-state index in [0.29, 0.717) is 11.6 Å². The summed E-state index contributed by atoms with van der Waals surface area (Å²) in [4.78, 5) is 24.8. The lowest BCUT2D eigenvalue weighted by Gasteiger charge is -2.52. The number of carboxylic acids is 1. The number of esters is 1. The van der Waals surface area contributed by atoms with E-state index in [-0.39, 0.29) is 5.92 Å². The summed E-state index contributed by atoms with van der Waals surface area (Å²) in [5.41, 5.74) is -0.129. The highest BCUT2D eigenvalue weighted by atomic mass is 35.5. The van der Waals surface area contributed by atoms with Crippen LogP contribution in [0, 0.1) is 5.92 Å². The van der Waals surface area contributed by atoms with Crippen molar-refractivity contribution in [2.75, 3.05) is 19.6 Å². The minimum atomic E-state index is -1.56. The molecular formula is C15H16ClNO4. The second kappa shape index (κ2) is 5.31. The lowest BCUT2D eigenvalue weighted by Crippen LogP contribution is -2.59. The van der Waals surface area contributed by atoms with Crippen molar-refractivity contribution < 1.29 is 19.4 Å². The van der Waals surface area contributed by atoms with E-state index < -0.39 is 17.5 Å². The summed E-state index contributed by atoms with van der Waals surface area (Å²) in [5.74, 6) is -2.64. The molecule has 0 aliphatic carbocycles. The van der Waals surface area contributed by atoms with Crippen molar-refractivity contribution in [1.29, 1.82) is 0 Å². The number of ether oxygens (including phenoxy) is 1. The average Bonchev–Trinajstić information content (AvgIpc) is 2.48. The minimum Gasteiger partial charge on any atom is -0.473 e. The first-order valence-electron chi connectivity index (χ1n) is 6.96. The van der Waals surface area contributed by atoms with Crippen LogP contribution in [0.1, 0.15) is 18.4 Å². The van der Waals surface area contributed by atoms with Gasteiger partial charge in [0, 0.05) is 17.5 Å². The average molecular weight is 310 g/mol. The number of halogens is 1. The summed E-state index contributed by atoms with van der Waals surface area (Å²) >= 11 is 6.06. The van der Waals surface area contributed by atoms with E-state index in [1.165, 1.54) is 0 Å². The third kappa shape index (κ3) is 2.51. The summed E-state index contributed by atoms with van der Waals surface area (Å²) in [6.45, 7) is 2.44. The second-order valence-electron chi connectivity index (χ2n) is 5.64. The van der Waals surface area contributed by atoms with Gasteiger partial charge < -0.3 is 9.84 Å². The van der Waals surface area contributed by atoms with E-state index in [2.05, 4.69) is 4.90 Å². The van der Waals surface area contributed by atoms with Gasteiger partial charge in [0.1, 0.15) is 0 Å². The van der Waals surface area contributed by atoms with Gasteiger partial charge in [-0.25, -0.2) is 9.59 Å². The molecule has 1 aromatic carbocycles. The Morgan fingerprint density at radius 2 is 2.05 bits per heavy atom. The molecule has 3 heterocycles. The van der Waals surface area contributed by atoms with Gasteiger partial charge in [-0.2, -0.15) is 0 Å². The number of aliphatic carboxylic acids is 1. The zero-order valence-electron chi connectivity index (χ0n) is 11.4. The first-order valence-corrected chi connectivity index (χ1v) is 7.34. The van der Waals surface area contributed by atoms with Crippen LogP contribution in [0.2, 0.25) is 5.02 Å². The summed E-state index contributed by atoms with van der Waals surface area (Å²) in [5, 5.41) is 9.44. The molecule has 1 aromatic rings. The maximum absolute atomic E-state index is 11.7. The molecule has 1 N–H and O–H groups in total. The van der Waals surface area contributed by atoms with E-state index >= 15 is 0 Å². The number of carbonyl (C=O) groups is 2. The predicted octanol–water partition coefficient (Wildman–Crippen LogP) is 1.89. The van der Waals surface area contributed by atoms with Gasteiger partial charge in [0.25, 0.3) is 0 Å². The zero-order valence-corrected chi connectivity index (χ0v) is 12.2. The Kier molecular flexibility index (Phi) is 3.63. The van der Waals surface area contributed by atoms with Gasteiger partial charge in [-0.1, -0.05) is 23.7 Å². The fraction of sp³-hybridized carbons (Fsp3) is 0.467. The molecule has 3 aliphatic heterocycles. The van der Waals surface area contributed by atoms with E-state index in [9.17, 15) is 9.59 Å². The first kappa shape index (κ1) is 14.4. The number of rotatable bonds is 2. The van der Waals surface area contributed by atoms with Crippen molar-refractivity contribution in [1.82, 2.24) is 4.90 Å². The first-order chi connectivity index (χ1) is 10.0. The molecule has 112 valence electrons. The van der Waals surface area contributed by atoms with E-state index in [0.717, 1.165) is 31.5 Å². The summed E-state index contributed by atoms with van der Waals surface area (Å²) in [7, 11) is 0.